The maximum atomic E-state index is 12.4. The molecule has 1 aromatic rings. The van der Waals surface area contributed by atoms with Gasteiger partial charge in [-0.3, -0.25) is 9.59 Å². The lowest BCUT2D eigenvalue weighted by Gasteiger charge is -2.21. The third-order valence-electron chi connectivity index (χ3n) is 3.70. The van der Waals surface area contributed by atoms with E-state index in [0.29, 0.717) is 18.5 Å². The first-order valence-corrected chi connectivity index (χ1v) is 6.92. The van der Waals surface area contributed by atoms with Crippen LogP contribution in [0.4, 0.5) is 0 Å². The molecular weight excluding hydrogens is 310 g/mol. The summed E-state index contributed by atoms with van der Waals surface area (Å²) in [6.07, 6.45) is 0.504. The van der Waals surface area contributed by atoms with E-state index in [-0.39, 0.29) is 12.5 Å². The third-order valence-corrected chi connectivity index (χ3v) is 4.19. The van der Waals surface area contributed by atoms with Gasteiger partial charge in [-0.05, 0) is 44.0 Å². The number of amides is 1. The highest BCUT2D eigenvalue weighted by Crippen LogP contribution is 2.31. The Hall–Kier alpha value is -1.36. The third kappa shape index (κ3) is 2.66. The summed E-state index contributed by atoms with van der Waals surface area (Å²) < 4.78 is 0.929. The number of nitrogens with zero attached hydrogens (tertiary/aromatic N) is 1. The van der Waals surface area contributed by atoms with Crippen LogP contribution in [0.3, 0.4) is 0 Å². The Labute approximate surface area is 120 Å². The Kier molecular flexibility index (Phi) is 3.67. The van der Waals surface area contributed by atoms with Gasteiger partial charge in [0.15, 0.2) is 0 Å². The van der Waals surface area contributed by atoms with Crippen LogP contribution in [0.5, 0.6) is 0 Å². The van der Waals surface area contributed by atoms with E-state index >= 15 is 0 Å². The molecule has 1 amide bonds. The first-order valence-electron chi connectivity index (χ1n) is 6.12. The van der Waals surface area contributed by atoms with Crippen molar-refractivity contribution in [1.29, 1.82) is 0 Å². The van der Waals surface area contributed by atoms with Gasteiger partial charge in [0.25, 0.3) is 5.91 Å². The van der Waals surface area contributed by atoms with Crippen molar-refractivity contribution in [2.24, 2.45) is 5.41 Å². The predicted molar refractivity (Wildman–Crippen MR) is 75.1 cm³/mol. The lowest BCUT2D eigenvalue weighted by atomic mass is 9.90. The number of carboxylic acids is 1. The number of carbonyl (C=O) groups is 2. The van der Waals surface area contributed by atoms with E-state index in [0.717, 1.165) is 10.0 Å². The highest BCUT2D eigenvalue weighted by Gasteiger charge is 2.42. The SMILES string of the molecule is Cc1cc(Br)ccc1C(=O)N1CCC(C)(C(=O)O)C1. The minimum atomic E-state index is -0.838. The molecular formula is C14H16BrNO3. The number of rotatable bonds is 2. The summed E-state index contributed by atoms with van der Waals surface area (Å²) in [5, 5.41) is 9.19. The summed E-state index contributed by atoms with van der Waals surface area (Å²) in [6.45, 7) is 4.34. The molecule has 0 radical (unpaired) electrons. The number of aryl methyl sites for hydroxylation is 1. The van der Waals surface area contributed by atoms with Gasteiger partial charge in [-0.1, -0.05) is 15.9 Å². The molecule has 2 rings (SSSR count). The topological polar surface area (TPSA) is 57.6 Å². The van der Waals surface area contributed by atoms with Crippen LogP contribution in [-0.4, -0.2) is 35.0 Å². The lowest BCUT2D eigenvalue weighted by molar-refractivity contribution is -0.147. The van der Waals surface area contributed by atoms with Crippen molar-refractivity contribution in [2.45, 2.75) is 20.3 Å². The van der Waals surface area contributed by atoms with Gasteiger partial charge in [-0.25, -0.2) is 0 Å². The molecule has 1 atom stereocenters. The summed E-state index contributed by atoms with van der Waals surface area (Å²) in [5.41, 5.74) is 0.708. The van der Waals surface area contributed by atoms with E-state index in [1.54, 1.807) is 17.9 Å². The molecule has 1 fully saturated rings. The van der Waals surface area contributed by atoms with Crippen molar-refractivity contribution in [3.05, 3.63) is 33.8 Å². The fourth-order valence-corrected chi connectivity index (χ4v) is 2.82. The molecule has 0 aromatic heterocycles. The molecule has 5 heteroatoms. The average molecular weight is 326 g/mol. The molecule has 0 spiro atoms. The van der Waals surface area contributed by atoms with Gasteiger partial charge in [0, 0.05) is 23.1 Å². The van der Waals surface area contributed by atoms with Crippen LogP contribution in [-0.2, 0) is 4.79 Å². The summed E-state index contributed by atoms with van der Waals surface area (Å²) >= 11 is 3.36. The summed E-state index contributed by atoms with van der Waals surface area (Å²) in [5.74, 6) is -0.926. The molecule has 0 aliphatic carbocycles. The molecule has 1 aromatic carbocycles. The molecule has 0 bridgehead atoms. The largest absolute Gasteiger partial charge is 0.481 e. The van der Waals surface area contributed by atoms with E-state index in [4.69, 9.17) is 0 Å². The standard InChI is InChI=1S/C14H16BrNO3/c1-9-7-10(15)3-4-11(9)12(17)16-6-5-14(2,8-16)13(18)19/h3-4,7H,5-6,8H2,1-2H3,(H,18,19). The fraction of sp³-hybridized carbons (Fsp3) is 0.429. The van der Waals surface area contributed by atoms with Crippen LogP contribution >= 0.6 is 15.9 Å². The van der Waals surface area contributed by atoms with Gasteiger partial charge in [0.05, 0.1) is 5.41 Å². The van der Waals surface area contributed by atoms with Gasteiger partial charge in [-0.15, -0.1) is 0 Å². The number of benzene rings is 1. The molecule has 1 N–H and O–H groups in total. The second kappa shape index (κ2) is 4.96. The zero-order chi connectivity index (χ0) is 14.2. The molecule has 0 saturated carbocycles. The molecule has 102 valence electrons. The van der Waals surface area contributed by atoms with Crippen LogP contribution < -0.4 is 0 Å². The van der Waals surface area contributed by atoms with Crippen molar-refractivity contribution in [1.82, 2.24) is 4.90 Å². The van der Waals surface area contributed by atoms with Crippen LogP contribution in [0.2, 0.25) is 0 Å². The van der Waals surface area contributed by atoms with Gasteiger partial charge < -0.3 is 10.0 Å². The van der Waals surface area contributed by atoms with E-state index in [9.17, 15) is 14.7 Å². The second-order valence-electron chi connectivity index (χ2n) is 5.30. The Balaban J connectivity index is 2.20. The van der Waals surface area contributed by atoms with Gasteiger partial charge in [-0.2, -0.15) is 0 Å². The van der Waals surface area contributed by atoms with Gasteiger partial charge >= 0.3 is 5.97 Å². The van der Waals surface area contributed by atoms with Crippen molar-refractivity contribution >= 4 is 27.8 Å². The summed E-state index contributed by atoms with van der Waals surface area (Å²) in [7, 11) is 0. The van der Waals surface area contributed by atoms with Crippen LogP contribution in [0, 0.1) is 12.3 Å². The number of carboxylic acid groups (broad SMARTS) is 1. The molecule has 4 nitrogen and oxygen atoms in total. The number of hydrogen-bond acceptors (Lipinski definition) is 2. The zero-order valence-corrected chi connectivity index (χ0v) is 12.5. The number of likely N-dealkylation sites (tertiary alicyclic amines) is 1. The average Bonchev–Trinajstić information content (AvgIpc) is 2.73. The molecule has 1 aliphatic heterocycles. The van der Waals surface area contributed by atoms with E-state index in [2.05, 4.69) is 15.9 Å². The molecule has 1 heterocycles. The smallest absolute Gasteiger partial charge is 0.311 e. The number of halogens is 1. The maximum absolute atomic E-state index is 12.4. The minimum absolute atomic E-state index is 0.0880. The monoisotopic (exact) mass is 325 g/mol. The molecule has 1 saturated heterocycles. The van der Waals surface area contributed by atoms with Crippen molar-refractivity contribution < 1.29 is 14.7 Å². The first kappa shape index (κ1) is 14.1. The van der Waals surface area contributed by atoms with Crippen molar-refractivity contribution in [3.8, 4) is 0 Å². The fourth-order valence-electron chi connectivity index (χ4n) is 2.35. The van der Waals surface area contributed by atoms with Crippen molar-refractivity contribution in [2.75, 3.05) is 13.1 Å². The Morgan fingerprint density at radius 2 is 2.11 bits per heavy atom. The van der Waals surface area contributed by atoms with E-state index < -0.39 is 11.4 Å². The Bertz CT molecular complexity index is 543. The van der Waals surface area contributed by atoms with E-state index in [1.807, 2.05) is 19.1 Å². The normalized spacial score (nSPS) is 22.6. The summed E-state index contributed by atoms with van der Waals surface area (Å²) in [6, 6.07) is 5.49. The van der Waals surface area contributed by atoms with Crippen LogP contribution in [0.25, 0.3) is 0 Å². The van der Waals surface area contributed by atoms with Crippen LogP contribution in [0.15, 0.2) is 22.7 Å². The van der Waals surface area contributed by atoms with Gasteiger partial charge in [0.2, 0.25) is 0 Å². The molecule has 1 aliphatic rings. The van der Waals surface area contributed by atoms with E-state index in [1.165, 1.54) is 0 Å². The first-order chi connectivity index (χ1) is 8.83. The Morgan fingerprint density at radius 3 is 2.63 bits per heavy atom. The lowest BCUT2D eigenvalue weighted by Crippen LogP contribution is -2.35. The zero-order valence-electron chi connectivity index (χ0n) is 10.9. The highest BCUT2D eigenvalue weighted by molar-refractivity contribution is 9.10. The minimum Gasteiger partial charge on any atom is -0.481 e. The molecule has 1 unspecified atom stereocenters. The van der Waals surface area contributed by atoms with Crippen molar-refractivity contribution in [3.63, 3.8) is 0 Å². The second-order valence-corrected chi connectivity index (χ2v) is 6.22. The maximum Gasteiger partial charge on any atom is 0.311 e. The number of aliphatic carboxylic acids is 1. The number of carbonyl (C=O) groups excluding carboxylic acids is 1. The molecule has 19 heavy (non-hydrogen) atoms. The Morgan fingerprint density at radius 1 is 1.42 bits per heavy atom. The van der Waals surface area contributed by atoms with Crippen LogP contribution in [0.1, 0.15) is 29.3 Å². The predicted octanol–water partition coefficient (Wildman–Crippen LogP) is 2.69. The summed E-state index contributed by atoms with van der Waals surface area (Å²) in [4.78, 5) is 25.2. The highest BCUT2D eigenvalue weighted by atomic mass is 79.9. The number of hydrogen-bond donors (Lipinski definition) is 1. The van der Waals surface area contributed by atoms with Gasteiger partial charge in [0.1, 0.15) is 0 Å². The quantitative estimate of drug-likeness (QED) is 0.909.